The number of para-hydroxylation sites is 1. The molecule has 0 aliphatic rings. The summed E-state index contributed by atoms with van der Waals surface area (Å²) in [5, 5.41) is 1.47. The molecule has 0 unspecified atom stereocenters. The van der Waals surface area contributed by atoms with Gasteiger partial charge in [-0.15, -0.1) is 0 Å². The maximum atomic E-state index is 6.14. The number of halogens is 1. The Kier molecular flexibility index (Phi) is 2.61. The average molecular weight is 256 g/mol. The van der Waals surface area contributed by atoms with E-state index in [0.717, 1.165) is 16.5 Å². The third kappa shape index (κ3) is 1.79. The molecule has 3 rings (SSSR count). The molecule has 18 heavy (non-hydrogen) atoms. The molecule has 0 bridgehead atoms. The van der Waals surface area contributed by atoms with Gasteiger partial charge in [-0.1, -0.05) is 35.9 Å². The van der Waals surface area contributed by atoms with Gasteiger partial charge in [0.15, 0.2) is 5.82 Å². The van der Waals surface area contributed by atoms with E-state index in [2.05, 4.69) is 9.97 Å². The molecule has 0 amide bonds. The number of fused-ring (bicyclic) bond motifs is 1. The first-order valence-corrected chi connectivity index (χ1v) is 5.90. The van der Waals surface area contributed by atoms with Crippen LogP contribution >= 0.6 is 11.6 Å². The normalized spacial score (nSPS) is 10.7. The topological polar surface area (TPSA) is 51.8 Å². The molecule has 88 valence electrons. The zero-order valence-corrected chi connectivity index (χ0v) is 10.2. The van der Waals surface area contributed by atoms with Crippen LogP contribution in [0.25, 0.3) is 22.3 Å². The maximum absolute atomic E-state index is 6.14. The Labute approximate surface area is 109 Å². The van der Waals surface area contributed by atoms with Crippen molar-refractivity contribution in [2.75, 3.05) is 5.73 Å². The standard InChI is InChI=1S/C14H10ClN3/c15-11-7-3-1-5-9(11)14-17-12-8-4-2-6-10(12)13(16)18-14/h1-8H,(H2,16,17,18). The van der Waals surface area contributed by atoms with Crippen LogP contribution < -0.4 is 5.73 Å². The molecular weight excluding hydrogens is 246 g/mol. The SMILES string of the molecule is Nc1nc(-c2ccccc2Cl)nc2ccccc12. The summed E-state index contributed by atoms with van der Waals surface area (Å²) in [7, 11) is 0. The Morgan fingerprint density at radius 3 is 2.44 bits per heavy atom. The molecule has 1 heterocycles. The molecule has 0 aliphatic heterocycles. The summed E-state index contributed by atoms with van der Waals surface area (Å²) in [6, 6.07) is 15.1. The van der Waals surface area contributed by atoms with Crippen LogP contribution in [0.3, 0.4) is 0 Å². The van der Waals surface area contributed by atoms with Crippen molar-refractivity contribution >= 4 is 28.3 Å². The van der Waals surface area contributed by atoms with E-state index in [1.54, 1.807) is 0 Å². The van der Waals surface area contributed by atoms with Crippen LogP contribution in [0.4, 0.5) is 5.82 Å². The number of nitrogens with zero attached hydrogens (tertiary/aromatic N) is 2. The van der Waals surface area contributed by atoms with Crippen molar-refractivity contribution in [3.8, 4) is 11.4 Å². The van der Waals surface area contributed by atoms with Crippen LogP contribution in [0.15, 0.2) is 48.5 Å². The van der Waals surface area contributed by atoms with Gasteiger partial charge < -0.3 is 5.73 Å². The molecule has 0 spiro atoms. The van der Waals surface area contributed by atoms with Crippen molar-refractivity contribution in [1.82, 2.24) is 9.97 Å². The maximum Gasteiger partial charge on any atom is 0.163 e. The fourth-order valence-corrected chi connectivity index (χ4v) is 2.08. The molecule has 0 saturated carbocycles. The van der Waals surface area contributed by atoms with Gasteiger partial charge in [-0.25, -0.2) is 9.97 Å². The molecule has 2 aromatic carbocycles. The van der Waals surface area contributed by atoms with E-state index in [9.17, 15) is 0 Å². The van der Waals surface area contributed by atoms with Crippen LogP contribution in [0, 0.1) is 0 Å². The Morgan fingerprint density at radius 1 is 0.889 bits per heavy atom. The van der Waals surface area contributed by atoms with Gasteiger partial charge in [0.25, 0.3) is 0 Å². The third-order valence-corrected chi connectivity index (χ3v) is 3.08. The first-order chi connectivity index (χ1) is 8.75. The lowest BCUT2D eigenvalue weighted by Gasteiger charge is -2.06. The minimum absolute atomic E-state index is 0.468. The highest BCUT2D eigenvalue weighted by molar-refractivity contribution is 6.33. The molecule has 3 nitrogen and oxygen atoms in total. The second-order valence-electron chi connectivity index (χ2n) is 3.93. The number of rotatable bonds is 1. The minimum Gasteiger partial charge on any atom is -0.383 e. The second kappa shape index (κ2) is 4.27. The van der Waals surface area contributed by atoms with Gasteiger partial charge in [0.1, 0.15) is 5.82 Å². The number of nitrogen functional groups attached to an aromatic ring is 1. The lowest BCUT2D eigenvalue weighted by molar-refractivity contribution is 1.23. The number of benzene rings is 2. The zero-order valence-electron chi connectivity index (χ0n) is 9.47. The molecular formula is C14H10ClN3. The van der Waals surface area contributed by atoms with Crippen LogP contribution in [-0.4, -0.2) is 9.97 Å². The van der Waals surface area contributed by atoms with Gasteiger partial charge in [0.2, 0.25) is 0 Å². The third-order valence-electron chi connectivity index (χ3n) is 2.75. The second-order valence-corrected chi connectivity index (χ2v) is 4.34. The summed E-state index contributed by atoms with van der Waals surface area (Å²) >= 11 is 6.14. The van der Waals surface area contributed by atoms with Crippen molar-refractivity contribution < 1.29 is 0 Å². The monoisotopic (exact) mass is 255 g/mol. The number of anilines is 1. The van der Waals surface area contributed by atoms with Gasteiger partial charge in [0.05, 0.1) is 10.5 Å². The van der Waals surface area contributed by atoms with Gasteiger partial charge >= 0.3 is 0 Å². The van der Waals surface area contributed by atoms with Gasteiger partial charge in [-0.3, -0.25) is 0 Å². The van der Waals surface area contributed by atoms with Crippen LogP contribution in [0.1, 0.15) is 0 Å². The van der Waals surface area contributed by atoms with Crippen LogP contribution in [0.2, 0.25) is 5.02 Å². The largest absolute Gasteiger partial charge is 0.383 e. The highest BCUT2D eigenvalue weighted by atomic mass is 35.5. The van der Waals surface area contributed by atoms with Crippen LogP contribution in [0.5, 0.6) is 0 Å². The first-order valence-electron chi connectivity index (χ1n) is 5.53. The van der Waals surface area contributed by atoms with E-state index in [1.165, 1.54) is 0 Å². The lowest BCUT2D eigenvalue weighted by atomic mass is 10.2. The molecule has 1 aromatic heterocycles. The Hall–Kier alpha value is -2.13. The van der Waals surface area contributed by atoms with E-state index < -0.39 is 0 Å². The summed E-state index contributed by atoms with van der Waals surface area (Å²) in [6.45, 7) is 0. The Balaban J connectivity index is 2.28. The summed E-state index contributed by atoms with van der Waals surface area (Å²) < 4.78 is 0. The predicted octanol–water partition coefficient (Wildman–Crippen LogP) is 3.53. The summed E-state index contributed by atoms with van der Waals surface area (Å²) in [4.78, 5) is 8.81. The molecule has 4 heteroatoms. The molecule has 0 fully saturated rings. The van der Waals surface area contributed by atoms with E-state index in [0.29, 0.717) is 16.7 Å². The van der Waals surface area contributed by atoms with E-state index >= 15 is 0 Å². The van der Waals surface area contributed by atoms with Crippen molar-refractivity contribution in [3.63, 3.8) is 0 Å². The van der Waals surface area contributed by atoms with Crippen LogP contribution in [-0.2, 0) is 0 Å². The Bertz CT molecular complexity index is 725. The molecule has 0 atom stereocenters. The van der Waals surface area contributed by atoms with Crippen molar-refractivity contribution in [1.29, 1.82) is 0 Å². The summed E-state index contributed by atoms with van der Waals surface area (Å²) in [6.07, 6.45) is 0. The molecule has 2 N–H and O–H groups in total. The number of hydrogen-bond acceptors (Lipinski definition) is 3. The highest BCUT2D eigenvalue weighted by Gasteiger charge is 2.09. The Morgan fingerprint density at radius 2 is 1.61 bits per heavy atom. The van der Waals surface area contributed by atoms with Gasteiger partial charge in [0, 0.05) is 10.9 Å². The molecule has 0 aliphatic carbocycles. The zero-order chi connectivity index (χ0) is 12.5. The number of aromatic nitrogens is 2. The van der Waals surface area contributed by atoms with Crippen molar-refractivity contribution in [2.24, 2.45) is 0 Å². The highest BCUT2D eigenvalue weighted by Crippen LogP contribution is 2.27. The van der Waals surface area contributed by atoms with Gasteiger partial charge in [-0.05, 0) is 24.3 Å². The fraction of sp³-hybridized carbons (Fsp3) is 0. The van der Waals surface area contributed by atoms with Crippen molar-refractivity contribution in [3.05, 3.63) is 53.6 Å². The molecule has 0 saturated heterocycles. The molecule has 0 radical (unpaired) electrons. The number of hydrogen-bond donors (Lipinski definition) is 1. The smallest absolute Gasteiger partial charge is 0.163 e. The fourth-order valence-electron chi connectivity index (χ4n) is 1.86. The average Bonchev–Trinajstić information content (AvgIpc) is 2.39. The van der Waals surface area contributed by atoms with E-state index in [1.807, 2.05) is 48.5 Å². The van der Waals surface area contributed by atoms with E-state index in [4.69, 9.17) is 17.3 Å². The van der Waals surface area contributed by atoms with Gasteiger partial charge in [-0.2, -0.15) is 0 Å². The first kappa shape index (κ1) is 11.0. The lowest BCUT2D eigenvalue weighted by Crippen LogP contribution is -1.97. The predicted molar refractivity (Wildman–Crippen MR) is 74.4 cm³/mol. The minimum atomic E-state index is 0.468. The molecule has 3 aromatic rings. The summed E-state index contributed by atoms with van der Waals surface area (Å²) in [5.74, 6) is 1.02. The number of nitrogens with two attached hydrogens (primary N) is 1. The van der Waals surface area contributed by atoms with E-state index in [-0.39, 0.29) is 0 Å². The quantitative estimate of drug-likeness (QED) is 0.724. The summed E-state index contributed by atoms with van der Waals surface area (Å²) in [5.41, 5.74) is 7.56. The van der Waals surface area contributed by atoms with Crippen molar-refractivity contribution in [2.45, 2.75) is 0 Å².